The third-order valence-electron chi connectivity index (χ3n) is 8.65. The second-order valence-corrected chi connectivity index (χ2v) is 14.7. The maximum Gasteiger partial charge on any atom is 0.410 e. The van der Waals surface area contributed by atoms with Gasteiger partial charge in [-0.25, -0.2) is 23.8 Å². The number of nitrogens with one attached hydrogen (secondary N) is 1. The zero-order valence-electron chi connectivity index (χ0n) is 28.6. The van der Waals surface area contributed by atoms with Crippen LogP contribution in [0.2, 0.25) is 5.02 Å². The second-order valence-electron chi connectivity index (χ2n) is 12.7. The Hall–Kier alpha value is -4.36. The number of nitrogens with zero attached hydrogens (tertiary/aromatic N) is 8. The molecule has 5 aromatic rings. The summed E-state index contributed by atoms with van der Waals surface area (Å²) in [6, 6.07) is 9.86. The summed E-state index contributed by atoms with van der Waals surface area (Å²) < 4.78 is 9.64. The van der Waals surface area contributed by atoms with Crippen LogP contribution in [0, 0.1) is 11.8 Å². The second kappa shape index (κ2) is 17.0. The van der Waals surface area contributed by atoms with Crippen molar-refractivity contribution in [3.05, 3.63) is 86.0 Å². The van der Waals surface area contributed by atoms with Crippen LogP contribution in [0.1, 0.15) is 40.1 Å². The van der Waals surface area contributed by atoms with Gasteiger partial charge in [-0.2, -0.15) is 10.2 Å². The minimum absolute atomic E-state index is 0.103. The van der Waals surface area contributed by atoms with E-state index in [1.54, 1.807) is 21.8 Å². The monoisotopic (exact) mass is 860 g/mol. The number of carbonyl (C=O) groups is 3. The number of aromatic nitrogens is 6. The lowest BCUT2D eigenvalue weighted by molar-refractivity contribution is 0.0991. The molecule has 2 aliphatic heterocycles. The van der Waals surface area contributed by atoms with Crippen LogP contribution in [0.3, 0.4) is 0 Å². The highest BCUT2D eigenvalue weighted by molar-refractivity contribution is 9.10. The molecule has 2 fully saturated rings. The fourth-order valence-corrected chi connectivity index (χ4v) is 6.82. The average Bonchev–Trinajstić information content (AvgIpc) is 3.85. The number of nitrogens with two attached hydrogens (primary N) is 3. The molecule has 0 radical (unpaired) electrons. The highest BCUT2D eigenvalue weighted by atomic mass is 79.9. The first-order chi connectivity index (χ1) is 24.7. The van der Waals surface area contributed by atoms with Gasteiger partial charge >= 0.3 is 6.09 Å². The molecule has 2 saturated heterocycles. The number of likely N-dealkylation sites (tertiary alicyclic amines) is 2. The van der Waals surface area contributed by atoms with E-state index in [4.69, 9.17) is 33.5 Å². The number of anilines is 1. The van der Waals surface area contributed by atoms with Crippen molar-refractivity contribution in [3.8, 4) is 0 Å². The van der Waals surface area contributed by atoms with E-state index in [2.05, 4.69) is 76.2 Å². The van der Waals surface area contributed by atoms with Gasteiger partial charge in [-0.1, -0.05) is 55.8 Å². The maximum absolute atomic E-state index is 12.5. The van der Waals surface area contributed by atoms with Gasteiger partial charge < -0.3 is 37.1 Å². The Labute approximate surface area is 321 Å². The molecular formula is C33H39Br2ClN12O4. The van der Waals surface area contributed by atoms with Gasteiger partial charge in [0.05, 0.1) is 46.6 Å². The normalized spacial score (nSPS) is 19.9. The summed E-state index contributed by atoms with van der Waals surface area (Å²) in [7, 11) is 2.11. The number of amides is 3. The van der Waals surface area contributed by atoms with Crippen LogP contribution in [0.25, 0.3) is 11.3 Å². The van der Waals surface area contributed by atoms with Crippen LogP contribution in [0.4, 0.5) is 10.5 Å². The summed E-state index contributed by atoms with van der Waals surface area (Å²) in [5.74, 6) is -0.401. The molecule has 4 atom stereocenters. The largest absolute Gasteiger partial charge is 0.445 e. The first-order valence-corrected chi connectivity index (χ1v) is 18.2. The number of likely N-dealkylation sites (N-methyl/N-ethyl adjacent to an activating group) is 1. The summed E-state index contributed by atoms with van der Waals surface area (Å²) in [5, 5.41) is 11.7. The molecule has 19 heteroatoms. The highest BCUT2D eigenvalue weighted by Gasteiger charge is 2.34. The minimum Gasteiger partial charge on any atom is -0.445 e. The molecule has 0 aliphatic carbocycles. The minimum atomic E-state index is -0.621. The molecule has 16 nitrogen and oxygen atoms in total. The van der Waals surface area contributed by atoms with Crippen molar-refractivity contribution >= 4 is 78.4 Å². The number of benzene rings is 1. The molecular weight excluding hydrogens is 824 g/mol. The van der Waals surface area contributed by atoms with Gasteiger partial charge in [0.1, 0.15) is 15.8 Å². The SMILES string of the molecule is C[C@H]1CN(C(=O)OCc2ccccc2)C[C@H]1Nc1c(C(N)=O)cnn2cc(Br)nc12.C[C@H]1CN(C)C[C@H]1N.NC(=O)c1cnn2cc(Br)nc2c1Cl. The van der Waals surface area contributed by atoms with Crippen molar-refractivity contribution in [2.24, 2.45) is 29.0 Å². The molecule has 7 N–H and O–H groups in total. The first kappa shape index (κ1) is 38.9. The number of halogens is 3. The summed E-state index contributed by atoms with van der Waals surface area (Å²) in [4.78, 5) is 47.7. The predicted octanol–water partition coefficient (Wildman–Crippen LogP) is 3.80. The molecule has 6 heterocycles. The van der Waals surface area contributed by atoms with E-state index in [0.29, 0.717) is 51.2 Å². The van der Waals surface area contributed by atoms with Gasteiger partial charge in [0.25, 0.3) is 11.8 Å². The summed E-state index contributed by atoms with van der Waals surface area (Å²) in [6.45, 7) is 7.67. The Morgan fingerprint density at radius 2 is 1.48 bits per heavy atom. The van der Waals surface area contributed by atoms with Crippen molar-refractivity contribution < 1.29 is 19.1 Å². The number of rotatable bonds is 6. The lowest BCUT2D eigenvalue weighted by atomic mass is 10.1. The molecule has 0 bridgehead atoms. The standard InChI is InChI=1S/C20H21BrN6O3.C7H4BrClN4O.C6H14N2/c1-12-8-26(20(29)30-11-13-5-3-2-4-6-13)9-15(12)24-17-14(18(22)28)7-23-27-10-16(21)25-19(17)27;8-4-2-13-7(12-4)5(9)3(1-11-13)6(10)14;1-5-3-8(2)4-6(5)7/h2-7,10,12,15,24H,8-9,11H2,1H3,(H2,22,28);1-2H,(H2,10,14);5-6H,3-4,7H2,1-2H3/t12-,15+;;5-,6+/m0.0/s1. The van der Waals surface area contributed by atoms with Crippen LogP contribution in [0.5, 0.6) is 0 Å². The first-order valence-electron chi connectivity index (χ1n) is 16.2. The van der Waals surface area contributed by atoms with Crippen molar-refractivity contribution in [2.45, 2.75) is 32.5 Å². The average molecular weight is 863 g/mol. The Morgan fingerprint density at radius 1 is 0.885 bits per heavy atom. The Bertz CT molecular complexity index is 2050. The molecule has 4 aromatic heterocycles. The van der Waals surface area contributed by atoms with Gasteiger partial charge in [-0.15, -0.1) is 0 Å². The zero-order valence-corrected chi connectivity index (χ0v) is 32.5. The lowest BCUT2D eigenvalue weighted by Gasteiger charge is -2.20. The Balaban J connectivity index is 0.000000194. The van der Waals surface area contributed by atoms with E-state index in [1.807, 2.05) is 37.3 Å². The molecule has 2 aliphatic rings. The topological polar surface area (TPSA) is 217 Å². The zero-order chi connectivity index (χ0) is 37.7. The lowest BCUT2D eigenvalue weighted by Crippen LogP contribution is -2.33. The van der Waals surface area contributed by atoms with Gasteiger partial charge in [-0.3, -0.25) is 9.59 Å². The van der Waals surface area contributed by atoms with Crippen molar-refractivity contribution in [1.29, 1.82) is 0 Å². The number of primary amides is 2. The van der Waals surface area contributed by atoms with E-state index < -0.39 is 11.8 Å². The van der Waals surface area contributed by atoms with Crippen molar-refractivity contribution in [2.75, 3.05) is 38.5 Å². The number of imidazole rings is 2. The van der Waals surface area contributed by atoms with Gasteiger partial charge in [0, 0.05) is 38.3 Å². The van der Waals surface area contributed by atoms with Crippen LogP contribution in [-0.2, 0) is 11.3 Å². The van der Waals surface area contributed by atoms with E-state index in [-0.39, 0.29) is 40.8 Å². The third kappa shape index (κ3) is 9.35. The van der Waals surface area contributed by atoms with E-state index >= 15 is 0 Å². The van der Waals surface area contributed by atoms with Crippen LogP contribution >= 0.6 is 43.5 Å². The van der Waals surface area contributed by atoms with Crippen molar-refractivity contribution in [1.82, 2.24) is 39.0 Å². The molecule has 0 unspecified atom stereocenters. The number of hydrogen-bond acceptors (Lipinski definition) is 11. The van der Waals surface area contributed by atoms with E-state index in [9.17, 15) is 14.4 Å². The van der Waals surface area contributed by atoms with E-state index in [1.165, 1.54) is 23.5 Å². The van der Waals surface area contributed by atoms with Crippen LogP contribution < -0.4 is 22.5 Å². The molecule has 1 aromatic carbocycles. The quantitative estimate of drug-likeness (QED) is 0.193. The predicted molar refractivity (Wildman–Crippen MR) is 203 cm³/mol. The Kier molecular flexibility index (Phi) is 12.7. The fourth-order valence-electron chi connectivity index (χ4n) is 5.83. The van der Waals surface area contributed by atoms with Gasteiger partial charge in [-0.05, 0) is 56.3 Å². The molecule has 7 rings (SSSR count). The number of ether oxygens (including phenoxy) is 1. The molecule has 52 heavy (non-hydrogen) atoms. The number of carbonyl (C=O) groups excluding carboxylic acids is 3. The van der Waals surface area contributed by atoms with E-state index in [0.717, 1.165) is 12.1 Å². The smallest absolute Gasteiger partial charge is 0.410 e. The third-order valence-corrected chi connectivity index (χ3v) is 9.79. The maximum atomic E-state index is 12.5. The molecule has 276 valence electrons. The van der Waals surface area contributed by atoms with Crippen LogP contribution in [-0.4, -0.2) is 102 Å². The van der Waals surface area contributed by atoms with Gasteiger partial charge in [0.2, 0.25) is 0 Å². The summed E-state index contributed by atoms with van der Waals surface area (Å²) in [6.07, 6.45) is 5.68. The molecule has 0 saturated carbocycles. The van der Waals surface area contributed by atoms with Gasteiger partial charge in [0.15, 0.2) is 11.3 Å². The molecule has 3 amide bonds. The highest BCUT2D eigenvalue weighted by Crippen LogP contribution is 2.28. The summed E-state index contributed by atoms with van der Waals surface area (Å²) >= 11 is 12.4. The fraction of sp³-hybridized carbons (Fsp3) is 0.364. The van der Waals surface area contributed by atoms with Crippen molar-refractivity contribution in [3.63, 3.8) is 0 Å². The number of fused-ring (bicyclic) bond motifs is 2. The number of hydrogen-bond donors (Lipinski definition) is 4. The summed E-state index contributed by atoms with van der Waals surface area (Å²) in [5.41, 5.74) is 19.1. The molecule has 0 spiro atoms. The Morgan fingerprint density at radius 3 is 2.04 bits per heavy atom. The van der Waals surface area contributed by atoms with Crippen LogP contribution in [0.15, 0.2) is 64.3 Å².